The van der Waals surface area contributed by atoms with E-state index in [4.69, 9.17) is 5.53 Å². The topological polar surface area (TPSA) is 48.2 Å². The van der Waals surface area contributed by atoms with E-state index < -0.39 is 0 Å². The molecule has 100 valence electrons. The number of rotatable bonds is 11. The molecule has 0 aliphatic carbocycles. The zero-order chi connectivity index (χ0) is 12.9. The molecule has 0 rings (SSSR count). The molecule has 17 heavy (non-hydrogen) atoms. The normalized spacial score (nSPS) is 11.9. The molecule has 0 amide bonds. The maximum atomic E-state index is 6.87. The van der Waals surface area contributed by atoms with Crippen molar-refractivity contribution >= 4 is 0 Å². The molecule has 0 bridgehead atoms. The second-order valence-electron chi connectivity index (χ2n) is 5.06. The highest BCUT2D eigenvalue weighted by molar-refractivity contribution is 4.97. The number of hydrogen-bond donors (Lipinski definition) is 2. The summed E-state index contributed by atoms with van der Waals surface area (Å²) in [4.78, 5) is 0. The first kappa shape index (κ1) is 16.1. The maximum Gasteiger partial charge on any atom is 0.0678 e. The van der Waals surface area contributed by atoms with Crippen LogP contribution in [0.25, 0.3) is 0 Å². The van der Waals surface area contributed by atoms with E-state index in [2.05, 4.69) is 31.2 Å². The van der Waals surface area contributed by atoms with Crippen molar-refractivity contribution in [3.05, 3.63) is 11.9 Å². The van der Waals surface area contributed by atoms with Crippen LogP contribution in [-0.4, -0.2) is 6.54 Å². The molecule has 0 spiro atoms. The molecule has 0 aromatic carbocycles. The van der Waals surface area contributed by atoms with Crippen molar-refractivity contribution < 1.29 is 0 Å². The molecule has 3 heteroatoms. The summed E-state index contributed by atoms with van der Waals surface area (Å²) in [5.41, 5.74) is 7.99. The minimum Gasteiger partial charge on any atom is -0.387 e. The quantitative estimate of drug-likeness (QED) is 0.393. The summed E-state index contributed by atoms with van der Waals surface area (Å²) in [7, 11) is 0. The lowest BCUT2D eigenvalue weighted by Crippen LogP contribution is -2.14. The van der Waals surface area contributed by atoms with E-state index >= 15 is 0 Å². The molecule has 0 atom stereocenters. The predicted octanol–water partition coefficient (Wildman–Crippen LogP) is 4.85. The minimum atomic E-state index is 0.824. The van der Waals surface area contributed by atoms with Crippen LogP contribution in [0.15, 0.2) is 17.0 Å². The number of nitrogens with one attached hydrogen (secondary N) is 2. The van der Waals surface area contributed by atoms with Gasteiger partial charge < -0.3 is 5.32 Å². The van der Waals surface area contributed by atoms with E-state index in [1.807, 2.05) is 0 Å². The van der Waals surface area contributed by atoms with Gasteiger partial charge in [-0.25, -0.2) is 5.53 Å². The second-order valence-corrected chi connectivity index (χ2v) is 5.06. The lowest BCUT2D eigenvalue weighted by molar-refractivity contribution is 0.520. The zero-order valence-electron chi connectivity index (χ0n) is 11.8. The average Bonchev–Trinajstić information content (AvgIpc) is 2.29. The Morgan fingerprint density at radius 3 is 2.59 bits per heavy atom. The van der Waals surface area contributed by atoms with Gasteiger partial charge in [-0.15, -0.1) is 0 Å². The van der Waals surface area contributed by atoms with Crippen LogP contribution in [0.4, 0.5) is 0 Å². The van der Waals surface area contributed by atoms with Crippen molar-refractivity contribution in [3.8, 4) is 0 Å². The molecule has 0 aromatic heterocycles. The molecule has 2 N–H and O–H groups in total. The van der Waals surface area contributed by atoms with Crippen molar-refractivity contribution in [2.24, 2.45) is 11.0 Å². The summed E-state index contributed by atoms with van der Waals surface area (Å²) in [6.45, 7) is 7.75. The number of unbranched alkanes of at least 4 members (excludes halogenated alkanes) is 3. The number of nitrogens with zero attached hydrogens (tertiary/aromatic N) is 1. The SMILES string of the molecule is CCCC/C(=C/N=N)NCCCCCC(C)C. The van der Waals surface area contributed by atoms with Crippen LogP contribution in [0.3, 0.4) is 0 Å². The van der Waals surface area contributed by atoms with E-state index in [0.29, 0.717) is 0 Å². The zero-order valence-corrected chi connectivity index (χ0v) is 11.8. The van der Waals surface area contributed by atoms with Crippen LogP contribution in [0.2, 0.25) is 0 Å². The van der Waals surface area contributed by atoms with E-state index in [9.17, 15) is 0 Å². The minimum absolute atomic E-state index is 0.824. The molecule has 0 aliphatic heterocycles. The van der Waals surface area contributed by atoms with Gasteiger partial charge in [0.25, 0.3) is 0 Å². The monoisotopic (exact) mass is 239 g/mol. The van der Waals surface area contributed by atoms with Gasteiger partial charge in [-0.1, -0.05) is 46.5 Å². The Hall–Kier alpha value is -0.860. The largest absolute Gasteiger partial charge is 0.387 e. The highest BCUT2D eigenvalue weighted by Crippen LogP contribution is 2.08. The van der Waals surface area contributed by atoms with Crippen molar-refractivity contribution in [1.29, 1.82) is 5.53 Å². The van der Waals surface area contributed by atoms with Crippen LogP contribution in [0.1, 0.15) is 65.7 Å². The lowest BCUT2D eigenvalue weighted by atomic mass is 10.1. The lowest BCUT2D eigenvalue weighted by Gasteiger charge is -2.10. The summed E-state index contributed by atoms with van der Waals surface area (Å²) >= 11 is 0. The molecule has 0 saturated heterocycles. The standard InChI is InChI=1S/C14H29N3/c1-4-5-10-14(12-17-15)16-11-8-6-7-9-13(2)3/h12-13,15-16H,4-11H2,1-3H3/b14-12-,17-15?. The van der Waals surface area contributed by atoms with E-state index in [-0.39, 0.29) is 0 Å². The predicted molar refractivity (Wildman–Crippen MR) is 74.1 cm³/mol. The summed E-state index contributed by atoms with van der Waals surface area (Å²) in [5.74, 6) is 0.824. The molecular weight excluding hydrogens is 210 g/mol. The molecular formula is C14H29N3. The first-order valence-electron chi connectivity index (χ1n) is 7.00. The summed E-state index contributed by atoms with van der Waals surface area (Å²) in [6, 6.07) is 0. The van der Waals surface area contributed by atoms with Crippen LogP contribution in [-0.2, 0) is 0 Å². The maximum absolute atomic E-state index is 6.87. The Labute approximate surface area is 107 Å². The highest BCUT2D eigenvalue weighted by Gasteiger charge is 1.97. The third-order valence-electron chi connectivity index (χ3n) is 2.83. The molecule has 0 unspecified atom stereocenters. The van der Waals surface area contributed by atoms with Gasteiger partial charge in [0.15, 0.2) is 0 Å². The molecule has 0 aromatic rings. The molecule has 0 aliphatic rings. The van der Waals surface area contributed by atoms with Gasteiger partial charge in [0, 0.05) is 12.2 Å². The second kappa shape index (κ2) is 11.6. The van der Waals surface area contributed by atoms with Gasteiger partial charge in [-0.2, -0.15) is 5.11 Å². The van der Waals surface area contributed by atoms with Gasteiger partial charge in [-0.05, 0) is 25.2 Å². The smallest absolute Gasteiger partial charge is 0.0678 e. The fraction of sp³-hybridized carbons (Fsp3) is 0.857. The Morgan fingerprint density at radius 2 is 2.00 bits per heavy atom. The summed E-state index contributed by atoms with van der Waals surface area (Å²) < 4.78 is 0. The Kier molecular flexibility index (Phi) is 11.0. The van der Waals surface area contributed by atoms with E-state index in [1.54, 1.807) is 6.20 Å². The van der Waals surface area contributed by atoms with Gasteiger partial charge >= 0.3 is 0 Å². The third-order valence-corrected chi connectivity index (χ3v) is 2.83. The molecule has 0 saturated carbocycles. The summed E-state index contributed by atoms with van der Waals surface area (Å²) in [5, 5.41) is 6.74. The summed E-state index contributed by atoms with van der Waals surface area (Å²) in [6.07, 6.45) is 10.2. The Bertz CT molecular complexity index is 210. The van der Waals surface area contributed by atoms with Crippen molar-refractivity contribution in [2.45, 2.75) is 65.7 Å². The third kappa shape index (κ3) is 11.4. The molecule has 3 nitrogen and oxygen atoms in total. The van der Waals surface area contributed by atoms with Crippen molar-refractivity contribution in [2.75, 3.05) is 6.54 Å². The molecule has 0 heterocycles. The van der Waals surface area contributed by atoms with Crippen LogP contribution in [0, 0.1) is 11.4 Å². The molecule has 0 radical (unpaired) electrons. The van der Waals surface area contributed by atoms with Crippen LogP contribution in [0.5, 0.6) is 0 Å². The Morgan fingerprint density at radius 1 is 1.24 bits per heavy atom. The van der Waals surface area contributed by atoms with E-state index in [1.165, 1.54) is 38.5 Å². The van der Waals surface area contributed by atoms with Crippen LogP contribution < -0.4 is 5.32 Å². The van der Waals surface area contributed by atoms with Crippen molar-refractivity contribution in [1.82, 2.24) is 5.32 Å². The van der Waals surface area contributed by atoms with Gasteiger partial charge in [-0.3, -0.25) is 0 Å². The van der Waals surface area contributed by atoms with E-state index in [0.717, 1.165) is 24.6 Å². The van der Waals surface area contributed by atoms with Crippen molar-refractivity contribution in [3.63, 3.8) is 0 Å². The number of allylic oxidation sites excluding steroid dienone is 1. The highest BCUT2D eigenvalue weighted by atomic mass is 15.0. The fourth-order valence-corrected chi connectivity index (χ4v) is 1.75. The first-order valence-corrected chi connectivity index (χ1v) is 7.00. The molecule has 0 fully saturated rings. The van der Waals surface area contributed by atoms with Gasteiger partial charge in [0.05, 0.1) is 6.20 Å². The average molecular weight is 239 g/mol. The van der Waals surface area contributed by atoms with Gasteiger partial charge in [0.2, 0.25) is 0 Å². The first-order chi connectivity index (χ1) is 8.20. The fourth-order valence-electron chi connectivity index (χ4n) is 1.75. The Balaban J connectivity index is 3.54. The number of hydrogen-bond acceptors (Lipinski definition) is 3. The van der Waals surface area contributed by atoms with Gasteiger partial charge in [0.1, 0.15) is 0 Å². The van der Waals surface area contributed by atoms with Crippen LogP contribution >= 0.6 is 0 Å².